The van der Waals surface area contributed by atoms with Crippen LogP contribution in [0.25, 0.3) is 0 Å². The number of hydrogen-bond donors (Lipinski definition) is 2. The molecule has 3 N–H and O–H groups in total. The van der Waals surface area contributed by atoms with Crippen molar-refractivity contribution < 1.29 is 4.79 Å². The fourth-order valence-electron chi connectivity index (χ4n) is 2.18. The molecule has 1 rings (SSSR count). The molecular formula is C15H24N2O. The van der Waals surface area contributed by atoms with Crippen LogP contribution in [0.3, 0.4) is 0 Å². The van der Waals surface area contributed by atoms with E-state index in [4.69, 9.17) is 5.73 Å². The first-order valence-corrected chi connectivity index (χ1v) is 6.36. The summed E-state index contributed by atoms with van der Waals surface area (Å²) in [6.45, 7) is 12.9. The Morgan fingerprint density at radius 3 is 1.78 bits per heavy atom. The molecule has 0 aliphatic carbocycles. The van der Waals surface area contributed by atoms with Crippen molar-refractivity contribution in [1.82, 2.24) is 5.32 Å². The van der Waals surface area contributed by atoms with E-state index in [1.165, 1.54) is 33.4 Å². The van der Waals surface area contributed by atoms with Crippen LogP contribution in [0.15, 0.2) is 0 Å². The zero-order valence-corrected chi connectivity index (χ0v) is 12.3. The van der Waals surface area contributed by atoms with Crippen LogP contribution in [0.5, 0.6) is 0 Å². The monoisotopic (exact) mass is 248 g/mol. The maximum atomic E-state index is 11.5. The molecule has 18 heavy (non-hydrogen) atoms. The molecule has 0 aliphatic rings. The molecule has 3 nitrogen and oxygen atoms in total. The molecule has 1 aromatic rings. The summed E-state index contributed by atoms with van der Waals surface area (Å²) in [5.41, 5.74) is 13.2. The zero-order chi connectivity index (χ0) is 14.0. The molecule has 1 aromatic carbocycles. The van der Waals surface area contributed by atoms with Gasteiger partial charge in [0.05, 0.1) is 6.04 Å². The second-order valence-electron chi connectivity index (χ2n) is 5.11. The molecule has 0 fully saturated rings. The van der Waals surface area contributed by atoms with Crippen molar-refractivity contribution in [2.24, 2.45) is 5.73 Å². The topological polar surface area (TPSA) is 55.1 Å². The van der Waals surface area contributed by atoms with Gasteiger partial charge in [0.1, 0.15) is 0 Å². The van der Waals surface area contributed by atoms with Crippen LogP contribution in [0.2, 0.25) is 0 Å². The number of nitrogens with two attached hydrogens (primary N) is 1. The first-order valence-electron chi connectivity index (χ1n) is 6.36. The third kappa shape index (κ3) is 2.72. The van der Waals surface area contributed by atoms with E-state index in [0.717, 1.165) is 0 Å². The normalized spacial score (nSPS) is 12.4. The van der Waals surface area contributed by atoms with Crippen LogP contribution >= 0.6 is 0 Å². The second kappa shape index (κ2) is 5.53. The lowest BCUT2D eigenvalue weighted by molar-refractivity contribution is -0.122. The number of carbonyl (C=O) groups excluding carboxylic acids is 1. The Bertz CT molecular complexity index is 447. The van der Waals surface area contributed by atoms with Crippen LogP contribution in [0, 0.1) is 34.6 Å². The van der Waals surface area contributed by atoms with Gasteiger partial charge in [-0.25, -0.2) is 0 Å². The minimum atomic E-state index is -0.460. The average molecular weight is 248 g/mol. The van der Waals surface area contributed by atoms with E-state index in [0.29, 0.717) is 6.54 Å². The van der Waals surface area contributed by atoms with Crippen molar-refractivity contribution in [1.29, 1.82) is 0 Å². The van der Waals surface area contributed by atoms with Crippen LogP contribution in [-0.2, 0) is 11.3 Å². The number of rotatable bonds is 3. The summed E-state index contributed by atoms with van der Waals surface area (Å²) < 4.78 is 0. The predicted octanol–water partition coefficient (Wildman–Crippen LogP) is 2.19. The highest BCUT2D eigenvalue weighted by Gasteiger charge is 2.13. The molecule has 1 amide bonds. The Morgan fingerprint density at radius 2 is 1.39 bits per heavy atom. The number of benzene rings is 1. The van der Waals surface area contributed by atoms with Gasteiger partial charge in [-0.15, -0.1) is 0 Å². The van der Waals surface area contributed by atoms with Gasteiger partial charge in [-0.05, 0) is 74.9 Å². The molecule has 0 heterocycles. The molecule has 0 bridgehead atoms. The molecule has 1 atom stereocenters. The van der Waals surface area contributed by atoms with Gasteiger partial charge >= 0.3 is 0 Å². The minimum Gasteiger partial charge on any atom is -0.351 e. The van der Waals surface area contributed by atoms with Gasteiger partial charge in [0.25, 0.3) is 0 Å². The predicted molar refractivity (Wildman–Crippen MR) is 75.6 cm³/mol. The first-order chi connectivity index (χ1) is 8.27. The maximum Gasteiger partial charge on any atom is 0.236 e. The van der Waals surface area contributed by atoms with E-state index in [9.17, 15) is 4.79 Å². The van der Waals surface area contributed by atoms with Crippen LogP contribution in [0.4, 0.5) is 0 Å². The highest BCUT2D eigenvalue weighted by molar-refractivity contribution is 5.81. The van der Waals surface area contributed by atoms with Crippen molar-refractivity contribution in [3.8, 4) is 0 Å². The first kappa shape index (κ1) is 14.7. The van der Waals surface area contributed by atoms with Crippen molar-refractivity contribution in [2.45, 2.75) is 54.1 Å². The summed E-state index contributed by atoms with van der Waals surface area (Å²) in [7, 11) is 0. The lowest BCUT2D eigenvalue weighted by atomic mass is 9.89. The summed E-state index contributed by atoms with van der Waals surface area (Å²) in [5, 5.41) is 2.89. The third-order valence-corrected chi connectivity index (χ3v) is 4.01. The number of hydrogen-bond acceptors (Lipinski definition) is 2. The standard InChI is InChI=1S/C15H24N2O/c1-8-9(2)11(4)14(12(5)10(8)3)7-17-15(18)13(6)16/h13H,7,16H2,1-6H3,(H,17,18)/t13-/m1/s1. The van der Waals surface area contributed by atoms with Crippen LogP contribution in [-0.4, -0.2) is 11.9 Å². The molecule has 100 valence electrons. The number of carbonyl (C=O) groups is 1. The van der Waals surface area contributed by atoms with Crippen LogP contribution in [0.1, 0.15) is 40.3 Å². The Morgan fingerprint density at radius 1 is 1.00 bits per heavy atom. The number of nitrogens with one attached hydrogen (secondary N) is 1. The summed E-state index contributed by atoms with van der Waals surface area (Å²) in [6.07, 6.45) is 0. The molecule has 0 saturated carbocycles. The van der Waals surface area contributed by atoms with E-state index < -0.39 is 6.04 Å². The largest absolute Gasteiger partial charge is 0.351 e. The van der Waals surface area contributed by atoms with Crippen molar-refractivity contribution in [3.63, 3.8) is 0 Å². The minimum absolute atomic E-state index is 0.107. The summed E-state index contributed by atoms with van der Waals surface area (Å²) >= 11 is 0. The Balaban J connectivity index is 3.07. The van der Waals surface area contributed by atoms with E-state index in [-0.39, 0.29) is 5.91 Å². The van der Waals surface area contributed by atoms with Gasteiger partial charge in [0.2, 0.25) is 5.91 Å². The molecular weight excluding hydrogens is 224 g/mol. The number of amides is 1. The SMILES string of the molecule is Cc1c(C)c(C)c(CNC(=O)[C@@H](C)N)c(C)c1C. The van der Waals surface area contributed by atoms with Gasteiger partial charge < -0.3 is 11.1 Å². The Hall–Kier alpha value is -1.35. The smallest absolute Gasteiger partial charge is 0.236 e. The second-order valence-corrected chi connectivity index (χ2v) is 5.11. The quantitative estimate of drug-likeness (QED) is 0.861. The summed E-state index contributed by atoms with van der Waals surface area (Å²) in [4.78, 5) is 11.5. The maximum absolute atomic E-state index is 11.5. The van der Waals surface area contributed by atoms with Gasteiger partial charge in [-0.3, -0.25) is 4.79 Å². The van der Waals surface area contributed by atoms with Crippen molar-refractivity contribution in [2.75, 3.05) is 0 Å². The Labute approximate surface area is 110 Å². The van der Waals surface area contributed by atoms with Gasteiger partial charge in [0.15, 0.2) is 0 Å². The van der Waals surface area contributed by atoms with E-state index >= 15 is 0 Å². The highest BCUT2D eigenvalue weighted by Crippen LogP contribution is 2.25. The molecule has 0 unspecified atom stereocenters. The fourth-order valence-corrected chi connectivity index (χ4v) is 2.18. The van der Waals surface area contributed by atoms with E-state index in [1.54, 1.807) is 6.92 Å². The van der Waals surface area contributed by atoms with Gasteiger partial charge in [-0.2, -0.15) is 0 Å². The highest BCUT2D eigenvalue weighted by atomic mass is 16.2. The lowest BCUT2D eigenvalue weighted by Crippen LogP contribution is -2.38. The van der Waals surface area contributed by atoms with E-state index in [1.807, 2.05) is 0 Å². The molecule has 0 aliphatic heterocycles. The van der Waals surface area contributed by atoms with Crippen molar-refractivity contribution >= 4 is 5.91 Å². The third-order valence-electron chi connectivity index (χ3n) is 4.01. The van der Waals surface area contributed by atoms with Gasteiger partial charge in [0, 0.05) is 6.54 Å². The summed E-state index contributed by atoms with van der Waals surface area (Å²) in [6, 6.07) is -0.460. The van der Waals surface area contributed by atoms with Crippen molar-refractivity contribution in [3.05, 3.63) is 33.4 Å². The zero-order valence-electron chi connectivity index (χ0n) is 12.3. The molecule has 0 saturated heterocycles. The molecule has 3 heteroatoms. The molecule has 0 spiro atoms. The molecule has 0 aromatic heterocycles. The lowest BCUT2D eigenvalue weighted by Gasteiger charge is -2.19. The molecule has 0 radical (unpaired) electrons. The van der Waals surface area contributed by atoms with Gasteiger partial charge in [-0.1, -0.05) is 0 Å². The fraction of sp³-hybridized carbons (Fsp3) is 0.533. The van der Waals surface area contributed by atoms with Crippen LogP contribution < -0.4 is 11.1 Å². The van der Waals surface area contributed by atoms with E-state index in [2.05, 4.69) is 39.9 Å². The summed E-state index contributed by atoms with van der Waals surface area (Å²) in [5.74, 6) is -0.107. The average Bonchev–Trinajstić information content (AvgIpc) is 2.33. The Kier molecular flexibility index (Phi) is 4.52.